The van der Waals surface area contributed by atoms with E-state index in [1.165, 1.54) is 6.07 Å². The summed E-state index contributed by atoms with van der Waals surface area (Å²) < 4.78 is 13.3. The first kappa shape index (κ1) is 11.7. The third-order valence-electron chi connectivity index (χ3n) is 2.29. The summed E-state index contributed by atoms with van der Waals surface area (Å²) in [4.78, 5) is 0. The van der Waals surface area contributed by atoms with Crippen molar-refractivity contribution in [2.24, 2.45) is 0 Å². The molecule has 0 aromatic heterocycles. The Bertz CT molecular complexity index is 344. The van der Waals surface area contributed by atoms with E-state index in [0.29, 0.717) is 12.0 Å². The van der Waals surface area contributed by atoms with Gasteiger partial charge in [0, 0.05) is 18.0 Å². The van der Waals surface area contributed by atoms with Crippen LogP contribution >= 0.6 is 0 Å². The first-order valence-electron chi connectivity index (χ1n) is 5.10. The minimum atomic E-state index is -0.183. The van der Waals surface area contributed by atoms with Gasteiger partial charge in [-0.25, -0.2) is 4.39 Å². The van der Waals surface area contributed by atoms with E-state index in [9.17, 15) is 4.39 Å². The SMILES string of the molecule is C[C@@H](NCCCC#N)c1ccccc1F. The summed E-state index contributed by atoms with van der Waals surface area (Å²) in [5.74, 6) is -0.183. The molecule has 1 atom stereocenters. The normalized spacial score (nSPS) is 12.1. The molecule has 1 aromatic carbocycles. The molecule has 0 aliphatic rings. The van der Waals surface area contributed by atoms with Crippen LogP contribution in [0.4, 0.5) is 4.39 Å². The van der Waals surface area contributed by atoms with E-state index in [-0.39, 0.29) is 11.9 Å². The molecule has 0 saturated heterocycles. The van der Waals surface area contributed by atoms with E-state index >= 15 is 0 Å². The van der Waals surface area contributed by atoms with Gasteiger partial charge >= 0.3 is 0 Å². The lowest BCUT2D eigenvalue weighted by Gasteiger charge is -2.14. The zero-order valence-electron chi connectivity index (χ0n) is 8.83. The van der Waals surface area contributed by atoms with Gasteiger partial charge in [-0.3, -0.25) is 0 Å². The summed E-state index contributed by atoms with van der Waals surface area (Å²) in [6, 6.07) is 8.81. The Kier molecular flexibility index (Phi) is 4.79. The van der Waals surface area contributed by atoms with Crippen molar-refractivity contribution in [1.29, 1.82) is 5.26 Å². The molecular weight excluding hydrogens is 191 g/mol. The molecule has 80 valence electrons. The van der Waals surface area contributed by atoms with Crippen LogP contribution in [0.15, 0.2) is 24.3 Å². The molecule has 3 heteroatoms. The highest BCUT2D eigenvalue weighted by molar-refractivity contribution is 5.20. The molecule has 0 spiro atoms. The van der Waals surface area contributed by atoms with Crippen LogP contribution in [0.3, 0.4) is 0 Å². The number of halogens is 1. The molecule has 1 aromatic rings. The smallest absolute Gasteiger partial charge is 0.127 e. The minimum Gasteiger partial charge on any atom is -0.310 e. The molecule has 0 fully saturated rings. The highest BCUT2D eigenvalue weighted by Gasteiger charge is 2.08. The Labute approximate surface area is 89.7 Å². The lowest BCUT2D eigenvalue weighted by molar-refractivity contribution is 0.523. The Morgan fingerprint density at radius 2 is 2.20 bits per heavy atom. The van der Waals surface area contributed by atoms with Crippen LogP contribution in [0.5, 0.6) is 0 Å². The number of benzene rings is 1. The second-order valence-electron chi connectivity index (χ2n) is 3.46. The largest absolute Gasteiger partial charge is 0.310 e. The van der Waals surface area contributed by atoms with Gasteiger partial charge in [-0.15, -0.1) is 0 Å². The molecule has 0 aliphatic heterocycles. The summed E-state index contributed by atoms with van der Waals surface area (Å²) in [6.07, 6.45) is 1.34. The summed E-state index contributed by atoms with van der Waals surface area (Å²) in [7, 11) is 0. The second-order valence-corrected chi connectivity index (χ2v) is 3.46. The number of rotatable bonds is 5. The quantitative estimate of drug-likeness (QED) is 0.752. The van der Waals surface area contributed by atoms with Gasteiger partial charge in [-0.2, -0.15) is 5.26 Å². The van der Waals surface area contributed by atoms with Crippen molar-refractivity contribution in [1.82, 2.24) is 5.32 Å². The van der Waals surface area contributed by atoms with Gasteiger partial charge in [-0.1, -0.05) is 18.2 Å². The maximum atomic E-state index is 13.3. The third-order valence-corrected chi connectivity index (χ3v) is 2.29. The summed E-state index contributed by atoms with van der Waals surface area (Å²) in [6.45, 7) is 2.66. The fourth-order valence-electron chi connectivity index (χ4n) is 1.42. The highest BCUT2D eigenvalue weighted by Crippen LogP contribution is 2.15. The number of hydrogen-bond donors (Lipinski definition) is 1. The van der Waals surface area contributed by atoms with Crippen LogP contribution in [-0.2, 0) is 0 Å². The molecule has 1 N–H and O–H groups in total. The fourth-order valence-corrected chi connectivity index (χ4v) is 1.42. The average molecular weight is 206 g/mol. The van der Waals surface area contributed by atoms with E-state index in [1.54, 1.807) is 12.1 Å². The van der Waals surface area contributed by atoms with Crippen molar-refractivity contribution in [3.05, 3.63) is 35.6 Å². The van der Waals surface area contributed by atoms with E-state index < -0.39 is 0 Å². The van der Waals surface area contributed by atoms with Gasteiger partial charge in [0.05, 0.1) is 6.07 Å². The first-order valence-corrected chi connectivity index (χ1v) is 5.10. The second kappa shape index (κ2) is 6.15. The molecule has 0 saturated carbocycles. The average Bonchev–Trinajstić information content (AvgIpc) is 2.25. The molecule has 0 bridgehead atoms. The molecule has 0 heterocycles. The number of unbranched alkanes of at least 4 members (excludes halogenated alkanes) is 1. The van der Waals surface area contributed by atoms with Gasteiger partial charge in [-0.05, 0) is 26.0 Å². The van der Waals surface area contributed by atoms with Gasteiger partial charge in [0.25, 0.3) is 0 Å². The van der Waals surface area contributed by atoms with Crippen LogP contribution in [0.1, 0.15) is 31.4 Å². The summed E-state index contributed by atoms with van der Waals surface area (Å²) in [5.41, 5.74) is 0.675. The van der Waals surface area contributed by atoms with E-state index in [2.05, 4.69) is 11.4 Å². The van der Waals surface area contributed by atoms with Crippen LogP contribution in [0, 0.1) is 17.1 Å². The molecule has 1 rings (SSSR count). The van der Waals surface area contributed by atoms with Gasteiger partial charge in [0.1, 0.15) is 5.82 Å². The standard InChI is InChI=1S/C12H15FN2/c1-10(15-9-5-4-8-14)11-6-2-3-7-12(11)13/h2-3,6-7,10,15H,4-5,9H2,1H3/t10-/m1/s1. The Morgan fingerprint density at radius 1 is 1.47 bits per heavy atom. The number of nitriles is 1. The van der Waals surface area contributed by atoms with Crippen LogP contribution in [0.2, 0.25) is 0 Å². The van der Waals surface area contributed by atoms with Crippen molar-refractivity contribution in [3.8, 4) is 6.07 Å². The Hall–Kier alpha value is -1.40. The molecule has 0 aliphatic carbocycles. The van der Waals surface area contributed by atoms with Crippen LogP contribution in [-0.4, -0.2) is 6.54 Å². The zero-order chi connectivity index (χ0) is 11.1. The number of nitrogens with zero attached hydrogens (tertiary/aromatic N) is 1. The fraction of sp³-hybridized carbons (Fsp3) is 0.417. The van der Waals surface area contributed by atoms with Crippen molar-refractivity contribution in [3.63, 3.8) is 0 Å². The predicted octanol–water partition coefficient (Wildman–Crippen LogP) is 2.78. The lowest BCUT2D eigenvalue weighted by atomic mass is 10.1. The molecule has 0 unspecified atom stereocenters. The van der Waals surface area contributed by atoms with E-state index in [4.69, 9.17) is 5.26 Å². The molecular formula is C12H15FN2. The van der Waals surface area contributed by atoms with Gasteiger partial charge in [0.2, 0.25) is 0 Å². The predicted molar refractivity (Wildman–Crippen MR) is 57.7 cm³/mol. The van der Waals surface area contributed by atoms with Crippen LogP contribution < -0.4 is 5.32 Å². The van der Waals surface area contributed by atoms with E-state index in [0.717, 1.165) is 13.0 Å². The summed E-state index contributed by atoms with van der Waals surface area (Å²) >= 11 is 0. The number of nitrogens with one attached hydrogen (secondary N) is 1. The first-order chi connectivity index (χ1) is 7.25. The lowest BCUT2D eigenvalue weighted by Crippen LogP contribution is -2.20. The summed E-state index contributed by atoms with van der Waals surface area (Å²) in [5, 5.41) is 11.5. The van der Waals surface area contributed by atoms with Crippen molar-refractivity contribution >= 4 is 0 Å². The molecule has 2 nitrogen and oxygen atoms in total. The number of hydrogen-bond acceptors (Lipinski definition) is 2. The topological polar surface area (TPSA) is 35.8 Å². The van der Waals surface area contributed by atoms with Crippen molar-refractivity contribution in [2.45, 2.75) is 25.8 Å². The Morgan fingerprint density at radius 3 is 2.87 bits per heavy atom. The maximum absolute atomic E-state index is 13.3. The van der Waals surface area contributed by atoms with Gasteiger partial charge in [0.15, 0.2) is 0 Å². The highest BCUT2D eigenvalue weighted by atomic mass is 19.1. The van der Waals surface area contributed by atoms with Crippen molar-refractivity contribution < 1.29 is 4.39 Å². The van der Waals surface area contributed by atoms with E-state index in [1.807, 2.05) is 13.0 Å². The molecule has 15 heavy (non-hydrogen) atoms. The van der Waals surface area contributed by atoms with Gasteiger partial charge < -0.3 is 5.32 Å². The third kappa shape index (κ3) is 3.69. The molecule has 0 radical (unpaired) electrons. The van der Waals surface area contributed by atoms with Crippen LogP contribution in [0.25, 0.3) is 0 Å². The minimum absolute atomic E-state index is 0.00936. The van der Waals surface area contributed by atoms with Crippen molar-refractivity contribution in [2.75, 3.05) is 6.54 Å². The maximum Gasteiger partial charge on any atom is 0.127 e. The monoisotopic (exact) mass is 206 g/mol. The zero-order valence-corrected chi connectivity index (χ0v) is 8.83. The molecule has 0 amide bonds. The Balaban J connectivity index is 2.44.